The number of carboxylic acid groups (broad SMARTS) is 1. The summed E-state index contributed by atoms with van der Waals surface area (Å²) in [5.41, 5.74) is 0.487. The average Bonchev–Trinajstić information content (AvgIpc) is 2.76. The monoisotopic (exact) mass is 302 g/mol. The van der Waals surface area contributed by atoms with Gasteiger partial charge in [0.25, 0.3) is 0 Å². The smallest absolute Gasteiger partial charge is 0.321 e. The minimum Gasteiger partial charge on any atom is -0.481 e. The number of likely N-dealkylation sites (tertiary alicyclic amines) is 1. The molecule has 0 bridgehead atoms. The number of rotatable bonds is 2. The van der Waals surface area contributed by atoms with Gasteiger partial charge in [-0.1, -0.05) is 23.2 Å². The van der Waals surface area contributed by atoms with E-state index in [0.717, 1.165) is 0 Å². The Labute approximate surface area is 120 Å². The van der Waals surface area contributed by atoms with Crippen LogP contribution in [0.25, 0.3) is 0 Å². The summed E-state index contributed by atoms with van der Waals surface area (Å²) in [6, 6.07) is 4.38. The van der Waals surface area contributed by atoms with E-state index in [9.17, 15) is 9.59 Å². The third-order valence-electron chi connectivity index (χ3n) is 2.94. The minimum absolute atomic E-state index is 0.218. The third-order valence-corrected chi connectivity index (χ3v) is 3.37. The van der Waals surface area contributed by atoms with Crippen LogP contribution in [-0.4, -0.2) is 35.1 Å². The maximum Gasteiger partial charge on any atom is 0.321 e. The van der Waals surface area contributed by atoms with Gasteiger partial charge in [0, 0.05) is 28.8 Å². The number of nitrogens with one attached hydrogen (secondary N) is 1. The maximum absolute atomic E-state index is 11.9. The van der Waals surface area contributed by atoms with Crippen molar-refractivity contribution < 1.29 is 14.7 Å². The van der Waals surface area contributed by atoms with Gasteiger partial charge in [-0.05, 0) is 24.6 Å². The topological polar surface area (TPSA) is 69.6 Å². The van der Waals surface area contributed by atoms with Crippen molar-refractivity contribution in [2.75, 3.05) is 18.4 Å². The minimum atomic E-state index is -0.874. The van der Waals surface area contributed by atoms with E-state index in [1.165, 1.54) is 4.90 Å². The number of carboxylic acids is 1. The van der Waals surface area contributed by atoms with Crippen molar-refractivity contribution in [2.45, 2.75) is 6.42 Å². The fourth-order valence-electron chi connectivity index (χ4n) is 1.97. The summed E-state index contributed by atoms with van der Waals surface area (Å²) < 4.78 is 0. The number of benzene rings is 1. The Morgan fingerprint density at radius 1 is 1.26 bits per heavy atom. The molecule has 102 valence electrons. The molecule has 1 unspecified atom stereocenters. The molecule has 1 fully saturated rings. The zero-order chi connectivity index (χ0) is 14.0. The quantitative estimate of drug-likeness (QED) is 0.882. The van der Waals surface area contributed by atoms with Crippen LogP contribution < -0.4 is 5.32 Å². The van der Waals surface area contributed by atoms with Gasteiger partial charge in [0.1, 0.15) is 0 Å². The maximum atomic E-state index is 11.9. The molecule has 0 aliphatic carbocycles. The van der Waals surface area contributed by atoms with Crippen LogP contribution in [0.5, 0.6) is 0 Å². The van der Waals surface area contributed by atoms with E-state index in [1.54, 1.807) is 18.2 Å². The lowest BCUT2D eigenvalue weighted by Gasteiger charge is -2.17. The van der Waals surface area contributed by atoms with Crippen LogP contribution in [0, 0.1) is 5.92 Å². The van der Waals surface area contributed by atoms with E-state index in [1.807, 2.05) is 0 Å². The first-order chi connectivity index (χ1) is 8.95. The molecule has 1 atom stereocenters. The van der Waals surface area contributed by atoms with E-state index >= 15 is 0 Å². The molecule has 7 heteroatoms. The molecule has 0 spiro atoms. The highest BCUT2D eigenvalue weighted by Gasteiger charge is 2.30. The van der Waals surface area contributed by atoms with Crippen LogP contribution in [0.3, 0.4) is 0 Å². The zero-order valence-electron chi connectivity index (χ0n) is 9.90. The highest BCUT2D eigenvalue weighted by atomic mass is 35.5. The van der Waals surface area contributed by atoms with Crippen molar-refractivity contribution >= 4 is 40.9 Å². The summed E-state index contributed by atoms with van der Waals surface area (Å²) in [6.45, 7) is 0.645. The molecule has 1 aliphatic heterocycles. The first-order valence-corrected chi connectivity index (χ1v) is 6.46. The van der Waals surface area contributed by atoms with Gasteiger partial charge in [-0.25, -0.2) is 4.79 Å². The Morgan fingerprint density at radius 2 is 1.89 bits per heavy atom. The van der Waals surface area contributed by atoms with Gasteiger partial charge in [0.2, 0.25) is 0 Å². The van der Waals surface area contributed by atoms with Crippen LogP contribution in [-0.2, 0) is 4.79 Å². The molecule has 1 heterocycles. The summed E-state index contributed by atoms with van der Waals surface area (Å²) >= 11 is 11.7. The third kappa shape index (κ3) is 3.52. The van der Waals surface area contributed by atoms with Crippen molar-refractivity contribution in [3.63, 3.8) is 0 Å². The highest BCUT2D eigenvalue weighted by molar-refractivity contribution is 6.35. The molecular formula is C12H12Cl2N2O3. The van der Waals surface area contributed by atoms with Gasteiger partial charge < -0.3 is 15.3 Å². The number of carbonyl (C=O) groups excluding carboxylic acids is 1. The van der Waals surface area contributed by atoms with Gasteiger partial charge >= 0.3 is 12.0 Å². The number of urea groups is 1. The standard InChI is InChI=1S/C12H12Cl2N2O3/c13-8-3-9(14)5-10(4-8)15-12(19)16-2-1-7(6-16)11(17)18/h3-5,7H,1-2,6H2,(H,15,19)(H,17,18). The lowest BCUT2D eigenvalue weighted by Crippen LogP contribution is -2.33. The molecule has 1 aromatic rings. The number of hydrogen-bond acceptors (Lipinski definition) is 2. The molecule has 0 radical (unpaired) electrons. The number of anilines is 1. The van der Waals surface area contributed by atoms with Crippen LogP contribution in [0.1, 0.15) is 6.42 Å². The molecule has 2 N–H and O–H groups in total. The van der Waals surface area contributed by atoms with Crippen molar-refractivity contribution in [2.24, 2.45) is 5.92 Å². The number of carbonyl (C=O) groups is 2. The SMILES string of the molecule is O=C(O)C1CCN(C(=O)Nc2cc(Cl)cc(Cl)c2)C1. The van der Waals surface area contributed by atoms with E-state index in [-0.39, 0.29) is 12.6 Å². The summed E-state index contributed by atoms with van der Waals surface area (Å²) in [5, 5.41) is 12.4. The van der Waals surface area contributed by atoms with E-state index in [0.29, 0.717) is 28.7 Å². The van der Waals surface area contributed by atoms with Gasteiger partial charge in [-0.15, -0.1) is 0 Å². The van der Waals surface area contributed by atoms with Crippen molar-refractivity contribution in [3.8, 4) is 0 Å². The molecule has 2 rings (SSSR count). The number of halogens is 2. The normalized spacial score (nSPS) is 18.4. The molecule has 1 aromatic carbocycles. The van der Waals surface area contributed by atoms with Crippen LogP contribution >= 0.6 is 23.2 Å². The van der Waals surface area contributed by atoms with Gasteiger partial charge in [0.15, 0.2) is 0 Å². The van der Waals surface area contributed by atoms with Gasteiger partial charge in [-0.2, -0.15) is 0 Å². The zero-order valence-corrected chi connectivity index (χ0v) is 11.4. The fourth-order valence-corrected chi connectivity index (χ4v) is 2.50. The van der Waals surface area contributed by atoms with Crippen molar-refractivity contribution in [1.82, 2.24) is 4.90 Å². The Morgan fingerprint density at radius 3 is 2.42 bits per heavy atom. The lowest BCUT2D eigenvalue weighted by molar-refractivity contribution is -0.141. The molecule has 0 aromatic heterocycles. The molecule has 1 saturated heterocycles. The summed E-state index contributed by atoms with van der Waals surface area (Å²) in [4.78, 5) is 24.2. The fraction of sp³-hybridized carbons (Fsp3) is 0.333. The molecular weight excluding hydrogens is 291 g/mol. The average molecular weight is 303 g/mol. The molecule has 19 heavy (non-hydrogen) atoms. The highest BCUT2D eigenvalue weighted by Crippen LogP contribution is 2.23. The van der Waals surface area contributed by atoms with Crippen molar-refractivity contribution in [3.05, 3.63) is 28.2 Å². The van der Waals surface area contributed by atoms with Crippen LogP contribution in [0.2, 0.25) is 10.0 Å². The number of amides is 2. The van der Waals surface area contributed by atoms with Crippen molar-refractivity contribution in [1.29, 1.82) is 0 Å². The van der Waals surface area contributed by atoms with E-state index in [2.05, 4.69) is 5.32 Å². The van der Waals surface area contributed by atoms with Gasteiger partial charge in [0.05, 0.1) is 5.92 Å². The Kier molecular flexibility index (Phi) is 4.17. The Balaban J connectivity index is 2.00. The number of hydrogen-bond donors (Lipinski definition) is 2. The summed E-state index contributed by atoms with van der Waals surface area (Å²) in [5.74, 6) is -1.37. The predicted octanol–water partition coefficient (Wildman–Crippen LogP) is 2.93. The molecule has 0 saturated carbocycles. The summed E-state index contributed by atoms with van der Waals surface area (Å²) in [6.07, 6.45) is 0.471. The van der Waals surface area contributed by atoms with E-state index in [4.69, 9.17) is 28.3 Å². The van der Waals surface area contributed by atoms with E-state index < -0.39 is 11.9 Å². The van der Waals surface area contributed by atoms with Crippen LogP contribution in [0.4, 0.5) is 10.5 Å². The Hall–Kier alpha value is -1.46. The van der Waals surface area contributed by atoms with Crippen LogP contribution in [0.15, 0.2) is 18.2 Å². The first-order valence-electron chi connectivity index (χ1n) is 5.70. The predicted molar refractivity (Wildman–Crippen MR) is 72.8 cm³/mol. The largest absolute Gasteiger partial charge is 0.481 e. The second kappa shape index (κ2) is 5.67. The number of aliphatic carboxylic acids is 1. The second-order valence-electron chi connectivity index (χ2n) is 4.36. The first kappa shape index (κ1) is 14.0. The molecule has 2 amide bonds. The molecule has 1 aliphatic rings. The van der Waals surface area contributed by atoms with Gasteiger partial charge in [-0.3, -0.25) is 4.79 Å². The Bertz CT molecular complexity index is 501. The second-order valence-corrected chi connectivity index (χ2v) is 5.23. The lowest BCUT2D eigenvalue weighted by atomic mass is 10.1. The summed E-state index contributed by atoms with van der Waals surface area (Å²) in [7, 11) is 0. The molecule has 5 nitrogen and oxygen atoms in total. The number of nitrogens with zero attached hydrogens (tertiary/aromatic N) is 1.